The van der Waals surface area contributed by atoms with Gasteiger partial charge in [-0.3, -0.25) is 4.79 Å². The van der Waals surface area contributed by atoms with Gasteiger partial charge in [-0.1, -0.05) is 41.3 Å². The predicted octanol–water partition coefficient (Wildman–Crippen LogP) is 5.58. The summed E-state index contributed by atoms with van der Waals surface area (Å²) in [6.45, 7) is 1.03. The lowest BCUT2D eigenvalue weighted by molar-refractivity contribution is -0.113. The Labute approximate surface area is 204 Å². The molecule has 0 spiro atoms. The van der Waals surface area contributed by atoms with Crippen LogP contribution in [0.1, 0.15) is 0 Å². The first-order chi connectivity index (χ1) is 16.7. The van der Waals surface area contributed by atoms with Crippen molar-refractivity contribution in [1.29, 1.82) is 0 Å². The third-order valence-electron chi connectivity index (χ3n) is 4.64. The predicted molar refractivity (Wildman–Crippen MR) is 133 cm³/mol. The van der Waals surface area contributed by atoms with Crippen LogP contribution in [-0.4, -0.2) is 35.1 Å². The van der Waals surface area contributed by atoms with Crippen LogP contribution in [0.25, 0.3) is 0 Å². The van der Waals surface area contributed by atoms with Gasteiger partial charge in [-0.05, 0) is 48.5 Å². The molecule has 2 heterocycles. The molecule has 8 nitrogen and oxygen atoms in total. The van der Waals surface area contributed by atoms with Crippen LogP contribution < -0.4 is 24.8 Å². The van der Waals surface area contributed by atoms with Gasteiger partial charge in [0, 0.05) is 17.4 Å². The van der Waals surface area contributed by atoms with Gasteiger partial charge in [0.2, 0.25) is 11.0 Å². The molecular formula is C24H20N4O4S2. The number of nitrogens with zero attached hydrogens (tertiary/aromatic N) is 2. The molecule has 4 aromatic rings. The summed E-state index contributed by atoms with van der Waals surface area (Å²) in [5.41, 5.74) is 1.53. The van der Waals surface area contributed by atoms with Crippen molar-refractivity contribution in [2.45, 2.75) is 4.34 Å². The van der Waals surface area contributed by atoms with E-state index >= 15 is 0 Å². The number of para-hydroxylation sites is 1. The average molecular weight is 493 g/mol. The first kappa shape index (κ1) is 22.1. The molecule has 1 aliphatic rings. The lowest BCUT2D eigenvalue weighted by Gasteiger charge is -2.18. The van der Waals surface area contributed by atoms with Crippen molar-refractivity contribution in [3.63, 3.8) is 0 Å². The first-order valence-corrected chi connectivity index (χ1v) is 12.3. The molecule has 0 radical (unpaired) electrons. The molecule has 172 valence electrons. The number of anilines is 3. The van der Waals surface area contributed by atoms with Crippen molar-refractivity contribution in [1.82, 2.24) is 10.2 Å². The highest BCUT2D eigenvalue weighted by Crippen LogP contribution is 2.33. The number of hydrogen-bond donors (Lipinski definition) is 2. The Morgan fingerprint density at radius 3 is 2.47 bits per heavy atom. The molecule has 0 bridgehead atoms. The van der Waals surface area contributed by atoms with Crippen LogP contribution in [0.5, 0.6) is 23.0 Å². The number of aromatic nitrogens is 2. The quantitative estimate of drug-likeness (QED) is 0.308. The SMILES string of the molecule is O=C(CSc1nnc(Nc2ccc(Oc3ccccc3)cc2)s1)Nc1ccc2c(c1)OCCO2. The van der Waals surface area contributed by atoms with E-state index in [2.05, 4.69) is 20.8 Å². The van der Waals surface area contributed by atoms with Gasteiger partial charge in [-0.15, -0.1) is 10.2 Å². The standard InChI is InChI=1S/C24H20N4O4S2/c29-22(25-17-8-11-20-21(14-17)31-13-12-30-20)15-33-24-28-27-23(34-24)26-16-6-9-19(10-7-16)32-18-4-2-1-3-5-18/h1-11,14H,12-13,15H2,(H,25,29)(H,26,27). The summed E-state index contributed by atoms with van der Waals surface area (Å²) in [6.07, 6.45) is 0. The molecule has 0 aliphatic carbocycles. The molecular weight excluding hydrogens is 472 g/mol. The van der Waals surface area contributed by atoms with E-state index in [0.29, 0.717) is 39.9 Å². The van der Waals surface area contributed by atoms with Gasteiger partial charge in [-0.25, -0.2) is 0 Å². The Balaban J connectivity index is 1.11. The monoisotopic (exact) mass is 492 g/mol. The zero-order chi connectivity index (χ0) is 23.2. The highest BCUT2D eigenvalue weighted by Gasteiger charge is 2.14. The first-order valence-electron chi connectivity index (χ1n) is 10.5. The third-order valence-corrected chi connectivity index (χ3v) is 6.62. The van der Waals surface area contributed by atoms with Gasteiger partial charge in [0.15, 0.2) is 15.8 Å². The van der Waals surface area contributed by atoms with Crippen molar-refractivity contribution in [3.8, 4) is 23.0 Å². The van der Waals surface area contributed by atoms with Gasteiger partial charge < -0.3 is 24.8 Å². The van der Waals surface area contributed by atoms with Crippen LogP contribution >= 0.6 is 23.1 Å². The number of ether oxygens (including phenoxy) is 3. The largest absolute Gasteiger partial charge is 0.486 e. The third kappa shape index (κ3) is 5.77. The minimum atomic E-state index is -0.139. The lowest BCUT2D eigenvalue weighted by atomic mass is 10.2. The molecule has 34 heavy (non-hydrogen) atoms. The molecule has 3 aromatic carbocycles. The Kier molecular flexibility index (Phi) is 6.78. The molecule has 0 atom stereocenters. The molecule has 0 saturated carbocycles. The van der Waals surface area contributed by atoms with Crippen molar-refractivity contribution in [3.05, 3.63) is 72.8 Å². The zero-order valence-corrected chi connectivity index (χ0v) is 19.5. The van der Waals surface area contributed by atoms with Gasteiger partial charge in [0.05, 0.1) is 5.75 Å². The summed E-state index contributed by atoms with van der Waals surface area (Å²) in [5, 5.41) is 15.0. The van der Waals surface area contributed by atoms with E-state index in [-0.39, 0.29) is 11.7 Å². The summed E-state index contributed by atoms with van der Waals surface area (Å²) in [5.74, 6) is 2.93. The number of amides is 1. The Morgan fingerprint density at radius 2 is 1.65 bits per heavy atom. The van der Waals surface area contributed by atoms with Crippen LogP contribution in [0, 0.1) is 0 Å². The molecule has 2 N–H and O–H groups in total. The molecule has 0 unspecified atom stereocenters. The fraction of sp³-hybridized carbons (Fsp3) is 0.125. The van der Waals surface area contributed by atoms with E-state index in [9.17, 15) is 4.79 Å². The summed E-state index contributed by atoms with van der Waals surface area (Å²) >= 11 is 2.71. The van der Waals surface area contributed by atoms with Crippen molar-refractivity contribution in [2.24, 2.45) is 0 Å². The summed E-state index contributed by atoms with van der Waals surface area (Å²) in [4.78, 5) is 12.3. The maximum Gasteiger partial charge on any atom is 0.234 e. The summed E-state index contributed by atoms with van der Waals surface area (Å²) in [7, 11) is 0. The van der Waals surface area contributed by atoms with Gasteiger partial charge in [-0.2, -0.15) is 0 Å². The number of benzene rings is 3. The number of carbonyl (C=O) groups excluding carboxylic acids is 1. The van der Waals surface area contributed by atoms with Gasteiger partial charge in [0.25, 0.3) is 0 Å². The highest BCUT2D eigenvalue weighted by molar-refractivity contribution is 8.01. The molecule has 1 aromatic heterocycles. The van der Waals surface area contributed by atoms with E-state index < -0.39 is 0 Å². The van der Waals surface area contributed by atoms with Crippen LogP contribution in [0.15, 0.2) is 77.1 Å². The van der Waals surface area contributed by atoms with Crippen molar-refractivity contribution >= 4 is 45.5 Å². The van der Waals surface area contributed by atoms with E-state index in [1.54, 1.807) is 18.2 Å². The van der Waals surface area contributed by atoms with Crippen LogP contribution in [0.4, 0.5) is 16.5 Å². The highest BCUT2D eigenvalue weighted by atomic mass is 32.2. The van der Waals surface area contributed by atoms with Gasteiger partial charge >= 0.3 is 0 Å². The second-order valence-electron chi connectivity index (χ2n) is 7.13. The molecule has 0 fully saturated rings. The topological polar surface area (TPSA) is 94.6 Å². The fourth-order valence-corrected chi connectivity index (χ4v) is 4.69. The molecule has 10 heteroatoms. The van der Waals surface area contributed by atoms with Crippen LogP contribution in [0.3, 0.4) is 0 Å². The summed E-state index contributed by atoms with van der Waals surface area (Å²) < 4.78 is 17.5. The van der Waals surface area contributed by atoms with Crippen molar-refractivity contribution < 1.29 is 19.0 Å². The average Bonchev–Trinajstić information content (AvgIpc) is 3.32. The lowest BCUT2D eigenvalue weighted by Crippen LogP contribution is -2.17. The second-order valence-corrected chi connectivity index (χ2v) is 9.33. The van der Waals surface area contributed by atoms with Crippen LogP contribution in [-0.2, 0) is 4.79 Å². The Bertz CT molecular complexity index is 1270. The Hall–Kier alpha value is -3.76. The minimum absolute atomic E-state index is 0.139. The molecule has 0 saturated heterocycles. The maximum absolute atomic E-state index is 12.3. The van der Waals surface area contributed by atoms with E-state index in [4.69, 9.17) is 14.2 Å². The van der Waals surface area contributed by atoms with E-state index in [0.717, 1.165) is 17.2 Å². The molecule has 1 amide bonds. The van der Waals surface area contributed by atoms with E-state index in [1.807, 2.05) is 54.6 Å². The molecule has 1 aliphatic heterocycles. The normalized spacial score (nSPS) is 12.1. The number of nitrogens with one attached hydrogen (secondary N) is 2. The number of fused-ring (bicyclic) bond motifs is 1. The number of carbonyl (C=O) groups is 1. The fourth-order valence-electron chi connectivity index (χ4n) is 3.12. The molecule has 5 rings (SSSR count). The summed E-state index contributed by atoms with van der Waals surface area (Å²) in [6, 6.07) is 22.5. The number of thioether (sulfide) groups is 1. The van der Waals surface area contributed by atoms with E-state index in [1.165, 1.54) is 23.1 Å². The number of hydrogen-bond acceptors (Lipinski definition) is 9. The van der Waals surface area contributed by atoms with Crippen LogP contribution in [0.2, 0.25) is 0 Å². The van der Waals surface area contributed by atoms with Crippen molar-refractivity contribution in [2.75, 3.05) is 29.6 Å². The Morgan fingerprint density at radius 1 is 0.912 bits per heavy atom. The maximum atomic E-state index is 12.3. The van der Waals surface area contributed by atoms with Gasteiger partial charge in [0.1, 0.15) is 24.7 Å². The minimum Gasteiger partial charge on any atom is -0.486 e. The zero-order valence-electron chi connectivity index (χ0n) is 17.9. The number of rotatable bonds is 8. The smallest absolute Gasteiger partial charge is 0.234 e. The second kappa shape index (κ2) is 10.4.